The van der Waals surface area contributed by atoms with E-state index < -0.39 is 0 Å². The van der Waals surface area contributed by atoms with Crippen LogP contribution in [0.5, 0.6) is 0 Å². The van der Waals surface area contributed by atoms with E-state index in [1.807, 2.05) is 0 Å². The van der Waals surface area contributed by atoms with Gasteiger partial charge in [0.05, 0.1) is 0 Å². The molecule has 1 nitrogen and oxygen atoms in total. The van der Waals surface area contributed by atoms with Crippen LogP contribution >= 0.6 is 0 Å². The molecular formula is C62H43N. The van der Waals surface area contributed by atoms with E-state index in [9.17, 15) is 0 Å². The fourth-order valence-corrected chi connectivity index (χ4v) is 9.23. The van der Waals surface area contributed by atoms with Crippen molar-refractivity contribution in [3.8, 4) is 89.0 Å². The molecule has 0 saturated heterocycles. The van der Waals surface area contributed by atoms with E-state index in [1.165, 1.54) is 54.9 Å². The first-order chi connectivity index (χ1) is 31.1. The minimum Gasteiger partial charge on any atom is -0.399 e. The maximum atomic E-state index is 6.95. The maximum Gasteiger partial charge on any atom is 0.0326 e. The van der Waals surface area contributed by atoms with Crippen molar-refractivity contribution in [1.29, 1.82) is 0 Å². The largest absolute Gasteiger partial charge is 0.399 e. The van der Waals surface area contributed by atoms with Crippen LogP contribution in [0, 0.1) is 0 Å². The zero-order chi connectivity index (χ0) is 42.1. The van der Waals surface area contributed by atoms with Crippen LogP contribution in [0.4, 0.5) is 5.69 Å². The summed E-state index contributed by atoms with van der Waals surface area (Å²) in [4.78, 5) is 0. The van der Waals surface area contributed by atoms with E-state index in [1.54, 1.807) is 0 Å². The Morgan fingerprint density at radius 1 is 0.190 bits per heavy atom. The van der Waals surface area contributed by atoms with Crippen LogP contribution in [-0.4, -0.2) is 0 Å². The predicted molar refractivity (Wildman–Crippen MR) is 269 cm³/mol. The molecule has 0 aliphatic rings. The number of nitrogen functional groups attached to an aromatic ring is 1. The molecule has 1 heteroatoms. The van der Waals surface area contributed by atoms with Gasteiger partial charge >= 0.3 is 0 Å². The quantitative estimate of drug-likeness (QED) is 0.152. The lowest BCUT2D eigenvalue weighted by Crippen LogP contribution is -1.97. The third kappa shape index (κ3) is 7.37. The van der Waals surface area contributed by atoms with Crippen LogP contribution < -0.4 is 5.73 Å². The first-order valence-corrected chi connectivity index (χ1v) is 21.6. The van der Waals surface area contributed by atoms with Crippen LogP contribution in [-0.2, 0) is 0 Å². The van der Waals surface area contributed by atoms with Gasteiger partial charge in [0.2, 0.25) is 0 Å². The standard InChI is InChI=1S/C62H43N/c63-56-40-59(48-16-5-2-6-17-48)62(51-32-24-45(25-33-51)42-12-3-1-4-13-42)60(41-56)58-21-11-20-57(49-30-22-46(23-31-49)54-36-28-43-14-7-9-18-52(43)38-54)61(58)50-34-26-47(27-35-50)55-37-29-44-15-8-10-19-53(44)39-55/h1-41H,63H2. The second-order valence-electron chi connectivity index (χ2n) is 16.3. The molecular weight excluding hydrogens is 759 g/mol. The van der Waals surface area contributed by atoms with Crippen LogP contribution in [0.15, 0.2) is 249 Å². The van der Waals surface area contributed by atoms with Crippen molar-refractivity contribution in [2.24, 2.45) is 0 Å². The summed E-state index contributed by atoms with van der Waals surface area (Å²) >= 11 is 0. The first kappa shape index (κ1) is 37.7. The SMILES string of the molecule is Nc1cc(-c2ccccc2)c(-c2ccc(-c3ccccc3)cc2)c(-c2cccc(-c3ccc(-c4ccc5ccccc5c4)cc3)c2-c2ccc(-c3ccc4ccccc4c3)cc2)c1. The maximum absolute atomic E-state index is 6.95. The lowest BCUT2D eigenvalue weighted by molar-refractivity contribution is 1.53. The smallest absolute Gasteiger partial charge is 0.0326 e. The molecule has 11 aromatic rings. The minimum absolute atomic E-state index is 0.719. The molecule has 0 spiro atoms. The zero-order valence-electron chi connectivity index (χ0n) is 34.7. The Balaban J connectivity index is 1.10. The number of benzene rings is 11. The van der Waals surface area contributed by atoms with Gasteiger partial charge in [-0.3, -0.25) is 0 Å². The van der Waals surface area contributed by atoms with E-state index in [4.69, 9.17) is 5.73 Å². The van der Waals surface area contributed by atoms with Gasteiger partial charge in [-0.15, -0.1) is 0 Å². The van der Waals surface area contributed by atoms with Gasteiger partial charge in [0, 0.05) is 5.69 Å². The Morgan fingerprint density at radius 2 is 0.540 bits per heavy atom. The topological polar surface area (TPSA) is 26.0 Å². The molecule has 11 aromatic carbocycles. The van der Waals surface area contributed by atoms with E-state index in [2.05, 4.69) is 249 Å². The number of hydrogen-bond acceptors (Lipinski definition) is 1. The predicted octanol–water partition coefficient (Wildman–Crippen LogP) is 16.9. The Kier molecular flexibility index (Phi) is 9.76. The Hall–Kier alpha value is -8.26. The van der Waals surface area contributed by atoms with Crippen LogP contribution in [0.25, 0.3) is 111 Å². The molecule has 11 rings (SSSR count). The highest BCUT2D eigenvalue weighted by atomic mass is 14.5. The van der Waals surface area contributed by atoms with Crippen molar-refractivity contribution < 1.29 is 0 Å². The third-order valence-electron chi connectivity index (χ3n) is 12.4. The van der Waals surface area contributed by atoms with Crippen LogP contribution in [0.3, 0.4) is 0 Å². The van der Waals surface area contributed by atoms with E-state index in [-0.39, 0.29) is 0 Å². The lowest BCUT2D eigenvalue weighted by Gasteiger charge is -2.22. The summed E-state index contributed by atoms with van der Waals surface area (Å²) < 4.78 is 0. The summed E-state index contributed by atoms with van der Waals surface area (Å²) in [6, 6.07) is 89.9. The summed E-state index contributed by atoms with van der Waals surface area (Å²) in [6.45, 7) is 0. The molecule has 0 radical (unpaired) electrons. The highest BCUT2D eigenvalue weighted by Crippen LogP contribution is 2.48. The molecule has 296 valence electrons. The van der Waals surface area contributed by atoms with Gasteiger partial charge in [-0.2, -0.15) is 0 Å². The molecule has 0 aromatic heterocycles. The van der Waals surface area contributed by atoms with Gasteiger partial charge in [-0.25, -0.2) is 0 Å². The normalized spacial score (nSPS) is 11.2. The highest BCUT2D eigenvalue weighted by molar-refractivity contribution is 6.04. The van der Waals surface area contributed by atoms with Gasteiger partial charge in [0.1, 0.15) is 0 Å². The van der Waals surface area contributed by atoms with E-state index in [0.29, 0.717) is 0 Å². The fraction of sp³-hybridized carbons (Fsp3) is 0. The van der Waals surface area contributed by atoms with Crippen molar-refractivity contribution in [3.05, 3.63) is 249 Å². The van der Waals surface area contributed by atoms with Crippen LogP contribution in [0.2, 0.25) is 0 Å². The number of fused-ring (bicyclic) bond motifs is 2. The van der Waals surface area contributed by atoms with E-state index in [0.717, 1.165) is 61.3 Å². The third-order valence-corrected chi connectivity index (χ3v) is 12.4. The molecule has 0 bridgehead atoms. The highest BCUT2D eigenvalue weighted by Gasteiger charge is 2.21. The lowest BCUT2D eigenvalue weighted by atomic mass is 9.81. The van der Waals surface area contributed by atoms with Crippen molar-refractivity contribution in [2.75, 3.05) is 5.73 Å². The molecule has 0 atom stereocenters. The van der Waals surface area contributed by atoms with Gasteiger partial charge in [0.25, 0.3) is 0 Å². The van der Waals surface area contributed by atoms with Crippen LogP contribution in [0.1, 0.15) is 0 Å². The van der Waals surface area contributed by atoms with Crippen molar-refractivity contribution in [2.45, 2.75) is 0 Å². The second kappa shape index (κ2) is 16.3. The molecule has 0 saturated carbocycles. The molecule has 0 aliphatic carbocycles. The zero-order valence-corrected chi connectivity index (χ0v) is 34.7. The summed E-state index contributed by atoms with van der Waals surface area (Å²) in [5.74, 6) is 0. The minimum atomic E-state index is 0.719. The first-order valence-electron chi connectivity index (χ1n) is 21.6. The molecule has 0 aliphatic heterocycles. The number of anilines is 1. The molecule has 0 heterocycles. The van der Waals surface area contributed by atoms with Gasteiger partial charge in [-0.05, 0) is 135 Å². The van der Waals surface area contributed by atoms with Gasteiger partial charge in [-0.1, -0.05) is 224 Å². The average molecular weight is 802 g/mol. The summed E-state index contributed by atoms with van der Waals surface area (Å²) in [7, 11) is 0. The number of hydrogen-bond donors (Lipinski definition) is 1. The molecule has 2 N–H and O–H groups in total. The summed E-state index contributed by atoms with van der Waals surface area (Å²) in [6.07, 6.45) is 0. The van der Waals surface area contributed by atoms with Crippen molar-refractivity contribution >= 4 is 27.2 Å². The average Bonchev–Trinajstić information content (AvgIpc) is 3.36. The molecule has 63 heavy (non-hydrogen) atoms. The van der Waals surface area contributed by atoms with Crippen molar-refractivity contribution in [1.82, 2.24) is 0 Å². The second-order valence-corrected chi connectivity index (χ2v) is 16.3. The van der Waals surface area contributed by atoms with E-state index >= 15 is 0 Å². The Morgan fingerprint density at radius 3 is 1.08 bits per heavy atom. The van der Waals surface area contributed by atoms with Gasteiger partial charge < -0.3 is 5.73 Å². The fourth-order valence-electron chi connectivity index (χ4n) is 9.23. The Bertz CT molecular complexity index is 3400. The van der Waals surface area contributed by atoms with Crippen molar-refractivity contribution in [3.63, 3.8) is 0 Å². The van der Waals surface area contributed by atoms with Gasteiger partial charge in [0.15, 0.2) is 0 Å². The Labute approximate surface area is 369 Å². The number of rotatable bonds is 8. The summed E-state index contributed by atoms with van der Waals surface area (Å²) in [5, 5.41) is 4.96. The molecule has 0 amide bonds. The molecule has 0 fully saturated rings. The number of nitrogens with two attached hydrogens (primary N) is 1. The molecule has 0 unspecified atom stereocenters. The monoisotopic (exact) mass is 801 g/mol. The summed E-state index contributed by atoms with van der Waals surface area (Å²) in [5.41, 5.74) is 26.1.